The van der Waals surface area contributed by atoms with Crippen molar-refractivity contribution in [2.45, 2.75) is 181 Å². The van der Waals surface area contributed by atoms with Gasteiger partial charge >= 0.3 is 11.9 Å². The summed E-state index contributed by atoms with van der Waals surface area (Å²) in [6, 6.07) is 0. The molecule has 0 N–H and O–H groups in total. The van der Waals surface area contributed by atoms with Gasteiger partial charge in [-0.05, 0) is 89.9 Å². The van der Waals surface area contributed by atoms with Crippen LogP contribution < -0.4 is 0 Å². The minimum Gasteiger partial charge on any atom is -0.462 e. The van der Waals surface area contributed by atoms with E-state index in [2.05, 4.69) is 118 Å². The molecule has 5 heteroatoms. The first-order chi connectivity index (χ1) is 26.6. The molecule has 0 aromatic heterocycles. The predicted molar refractivity (Wildman–Crippen MR) is 233 cm³/mol. The van der Waals surface area contributed by atoms with Gasteiger partial charge in [0.25, 0.3) is 0 Å². The highest BCUT2D eigenvalue weighted by Crippen LogP contribution is 2.11. The van der Waals surface area contributed by atoms with Crippen LogP contribution in [0.2, 0.25) is 0 Å². The minimum atomic E-state index is -0.565. The lowest BCUT2D eigenvalue weighted by Crippen LogP contribution is -2.30. The molecule has 54 heavy (non-hydrogen) atoms. The lowest BCUT2D eigenvalue weighted by molar-refractivity contribution is -0.163. The summed E-state index contributed by atoms with van der Waals surface area (Å²) in [7, 11) is 0. The molecule has 0 aromatic rings. The van der Waals surface area contributed by atoms with Crippen molar-refractivity contribution in [1.82, 2.24) is 0 Å². The lowest BCUT2D eigenvalue weighted by atomic mass is 10.1. The number of ether oxygens (including phenoxy) is 3. The molecule has 306 valence electrons. The first kappa shape index (κ1) is 50.8. The number of unbranched alkanes of at least 4 members (excludes halogenated alkanes) is 11. The Kier molecular flexibility index (Phi) is 41.6. The first-order valence-corrected chi connectivity index (χ1v) is 21.8. The Morgan fingerprint density at radius 1 is 0.426 bits per heavy atom. The van der Waals surface area contributed by atoms with Crippen LogP contribution in [0, 0.1) is 0 Å². The van der Waals surface area contributed by atoms with Crippen molar-refractivity contribution >= 4 is 11.9 Å². The van der Waals surface area contributed by atoms with Crippen LogP contribution in [-0.4, -0.2) is 37.9 Å². The van der Waals surface area contributed by atoms with Crippen LogP contribution in [0.5, 0.6) is 0 Å². The van der Waals surface area contributed by atoms with E-state index in [1.807, 2.05) is 0 Å². The fourth-order valence-electron chi connectivity index (χ4n) is 5.44. The summed E-state index contributed by atoms with van der Waals surface area (Å²) in [5.74, 6) is -0.494. The van der Waals surface area contributed by atoms with Gasteiger partial charge in [0.15, 0.2) is 6.10 Å². The number of esters is 2. The highest BCUT2D eigenvalue weighted by atomic mass is 16.6. The normalized spacial score (nSPS) is 13.2. The molecule has 0 amide bonds. The molecular formula is C49H80O5. The van der Waals surface area contributed by atoms with Crippen LogP contribution in [0.15, 0.2) is 97.2 Å². The summed E-state index contributed by atoms with van der Waals surface area (Å²) >= 11 is 0. The van der Waals surface area contributed by atoms with Crippen molar-refractivity contribution in [3.05, 3.63) is 97.2 Å². The predicted octanol–water partition coefficient (Wildman–Crippen LogP) is 14.3. The minimum absolute atomic E-state index is 0.0448. The van der Waals surface area contributed by atoms with Gasteiger partial charge < -0.3 is 14.2 Å². The number of carbonyl (C=O) groups is 2. The van der Waals surface area contributed by atoms with E-state index in [1.165, 1.54) is 38.5 Å². The third kappa shape index (κ3) is 41.6. The van der Waals surface area contributed by atoms with Gasteiger partial charge in [-0.25, -0.2) is 0 Å². The summed E-state index contributed by atoms with van der Waals surface area (Å²) < 4.78 is 17.1. The molecule has 0 aliphatic heterocycles. The molecule has 0 radical (unpaired) electrons. The standard InChI is InChI=1S/C49H80O5/c1-4-7-10-13-15-17-19-21-23-25-26-28-30-32-34-37-39-42-48(50)53-46-47(54-49(51)43-40-36-12-9-6-3)45-52-44-41-38-35-33-31-29-27-24-22-20-18-16-14-11-8-5-2/h7-8,10-11,15-18,21-24,26,28,32,34,47H,4-6,9,12-14,19-20,25,27,29-31,33,35-46H2,1-3H3/b10-7-,11-8-,17-15-,18-16-,23-21-,24-22-,28-26-,34-32-. The second-order valence-electron chi connectivity index (χ2n) is 13.8. The maximum Gasteiger partial charge on any atom is 0.306 e. The molecule has 0 aliphatic rings. The van der Waals surface area contributed by atoms with Gasteiger partial charge in [-0.2, -0.15) is 0 Å². The van der Waals surface area contributed by atoms with E-state index >= 15 is 0 Å². The van der Waals surface area contributed by atoms with Crippen molar-refractivity contribution in [3.63, 3.8) is 0 Å². The third-order valence-corrected chi connectivity index (χ3v) is 8.62. The van der Waals surface area contributed by atoms with Gasteiger partial charge in [-0.15, -0.1) is 0 Å². The van der Waals surface area contributed by atoms with Crippen LogP contribution in [-0.2, 0) is 23.8 Å². The average Bonchev–Trinajstić information content (AvgIpc) is 3.17. The van der Waals surface area contributed by atoms with Crippen LogP contribution in [0.4, 0.5) is 0 Å². The Balaban J connectivity index is 4.22. The molecule has 0 heterocycles. The SMILES string of the molecule is CC/C=C\C/C=C\C/C=C\C/C=C\C/C=C\CCCC(=O)OCC(COCCCCCCCC/C=C\C/C=C\C/C=C\CC)OC(=O)CCCCCCC. The number of allylic oxidation sites excluding steroid dienone is 16. The highest BCUT2D eigenvalue weighted by molar-refractivity contribution is 5.70. The van der Waals surface area contributed by atoms with E-state index in [4.69, 9.17) is 14.2 Å². The quantitative estimate of drug-likeness (QED) is 0.0357. The van der Waals surface area contributed by atoms with Gasteiger partial charge in [0, 0.05) is 19.4 Å². The molecule has 0 rings (SSSR count). The Morgan fingerprint density at radius 2 is 0.852 bits per heavy atom. The van der Waals surface area contributed by atoms with Crippen molar-refractivity contribution in [2.24, 2.45) is 0 Å². The first-order valence-electron chi connectivity index (χ1n) is 21.8. The monoisotopic (exact) mass is 749 g/mol. The maximum atomic E-state index is 12.5. The molecule has 1 atom stereocenters. The lowest BCUT2D eigenvalue weighted by Gasteiger charge is -2.18. The van der Waals surface area contributed by atoms with Crippen molar-refractivity contribution < 1.29 is 23.8 Å². The zero-order chi connectivity index (χ0) is 39.3. The summed E-state index contributed by atoms with van der Waals surface area (Å²) in [5, 5.41) is 0. The number of hydrogen-bond acceptors (Lipinski definition) is 5. The van der Waals surface area contributed by atoms with Crippen LogP contribution in [0.3, 0.4) is 0 Å². The molecular weight excluding hydrogens is 669 g/mol. The Morgan fingerprint density at radius 3 is 1.39 bits per heavy atom. The van der Waals surface area contributed by atoms with Gasteiger partial charge in [0.05, 0.1) is 6.61 Å². The van der Waals surface area contributed by atoms with Gasteiger partial charge in [0.2, 0.25) is 0 Å². The summed E-state index contributed by atoms with van der Waals surface area (Å²) in [6.07, 6.45) is 58.7. The van der Waals surface area contributed by atoms with Crippen molar-refractivity contribution in [3.8, 4) is 0 Å². The molecule has 0 saturated carbocycles. The summed E-state index contributed by atoms with van der Waals surface area (Å²) in [5.41, 5.74) is 0. The van der Waals surface area contributed by atoms with E-state index < -0.39 is 6.10 Å². The number of rotatable bonds is 38. The molecule has 0 saturated heterocycles. The van der Waals surface area contributed by atoms with E-state index in [0.29, 0.717) is 19.4 Å². The van der Waals surface area contributed by atoms with Crippen LogP contribution in [0.1, 0.15) is 175 Å². The molecule has 1 unspecified atom stereocenters. The second-order valence-corrected chi connectivity index (χ2v) is 13.8. The second kappa shape index (κ2) is 44.2. The van der Waals surface area contributed by atoms with E-state index in [-0.39, 0.29) is 25.2 Å². The maximum absolute atomic E-state index is 12.5. The smallest absolute Gasteiger partial charge is 0.306 e. The molecule has 0 bridgehead atoms. The van der Waals surface area contributed by atoms with Crippen LogP contribution in [0.25, 0.3) is 0 Å². The molecule has 5 nitrogen and oxygen atoms in total. The topological polar surface area (TPSA) is 61.8 Å². The Hall–Kier alpha value is -3.18. The molecule has 0 fully saturated rings. The number of hydrogen-bond donors (Lipinski definition) is 0. The Labute approximate surface area is 332 Å². The molecule has 0 aromatic carbocycles. The van der Waals surface area contributed by atoms with E-state index in [0.717, 1.165) is 103 Å². The Bertz CT molecular complexity index is 1070. The van der Waals surface area contributed by atoms with Crippen molar-refractivity contribution in [1.29, 1.82) is 0 Å². The van der Waals surface area contributed by atoms with Gasteiger partial charge in [-0.1, -0.05) is 169 Å². The largest absolute Gasteiger partial charge is 0.462 e. The van der Waals surface area contributed by atoms with Crippen molar-refractivity contribution in [2.75, 3.05) is 19.8 Å². The summed E-state index contributed by atoms with van der Waals surface area (Å²) in [4.78, 5) is 25.0. The fourth-order valence-corrected chi connectivity index (χ4v) is 5.44. The van der Waals surface area contributed by atoms with Gasteiger partial charge in [-0.3, -0.25) is 9.59 Å². The highest BCUT2D eigenvalue weighted by Gasteiger charge is 2.17. The summed E-state index contributed by atoms with van der Waals surface area (Å²) in [6.45, 7) is 7.41. The fraction of sp³-hybridized carbons (Fsp3) is 0.633. The zero-order valence-electron chi connectivity index (χ0n) is 34.9. The van der Waals surface area contributed by atoms with Crippen LogP contribution >= 0.6 is 0 Å². The third-order valence-electron chi connectivity index (χ3n) is 8.62. The molecule has 0 aliphatic carbocycles. The average molecular weight is 749 g/mol. The zero-order valence-corrected chi connectivity index (χ0v) is 34.9. The van der Waals surface area contributed by atoms with E-state index in [9.17, 15) is 9.59 Å². The van der Waals surface area contributed by atoms with Gasteiger partial charge in [0.1, 0.15) is 6.61 Å². The van der Waals surface area contributed by atoms with E-state index in [1.54, 1.807) is 0 Å². The number of carbonyl (C=O) groups excluding carboxylic acids is 2. The molecule has 0 spiro atoms.